The van der Waals surface area contributed by atoms with Crippen LogP contribution < -0.4 is 15.8 Å². The molecule has 0 aliphatic heterocycles. The maximum absolute atomic E-state index is 11.8. The van der Waals surface area contributed by atoms with Gasteiger partial charge in [-0.2, -0.15) is 0 Å². The number of benzene rings is 2. The number of aromatic hydroxyl groups is 1. The minimum atomic E-state index is -0.357. The minimum Gasteiger partial charge on any atom is -0.507 e. The molecule has 0 radical (unpaired) electrons. The van der Waals surface area contributed by atoms with E-state index in [1.54, 1.807) is 6.20 Å². The zero-order valence-electron chi connectivity index (χ0n) is 21.8. The van der Waals surface area contributed by atoms with Gasteiger partial charge in [-0.25, -0.2) is 4.98 Å². The van der Waals surface area contributed by atoms with E-state index in [1.807, 2.05) is 50.2 Å². The van der Waals surface area contributed by atoms with Crippen LogP contribution in [0.25, 0.3) is 21.7 Å². The Morgan fingerprint density at radius 2 is 1.97 bits per heavy atom. The fraction of sp³-hybridized carbons (Fsp3) is 0.433. The van der Waals surface area contributed by atoms with Crippen molar-refractivity contribution in [1.82, 2.24) is 10.3 Å². The van der Waals surface area contributed by atoms with Gasteiger partial charge in [-0.3, -0.25) is 0 Å². The lowest BCUT2D eigenvalue weighted by atomic mass is 9.90. The molecule has 4 N–H and O–H groups in total. The van der Waals surface area contributed by atoms with Gasteiger partial charge in [0.2, 0.25) is 5.88 Å². The van der Waals surface area contributed by atoms with Crippen LogP contribution in [0.4, 0.5) is 0 Å². The summed E-state index contributed by atoms with van der Waals surface area (Å²) in [5, 5.41) is 17.8. The first-order valence-electron chi connectivity index (χ1n) is 13.4. The second kappa shape index (κ2) is 11.5. The van der Waals surface area contributed by atoms with Gasteiger partial charge < -0.3 is 30.0 Å². The molecule has 1 unspecified atom stereocenters. The molecular formula is C30H37N3O4. The number of aromatic nitrogens is 1. The number of phenolic OH excluding ortho intramolecular Hbond substituents is 1. The summed E-state index contributed by atoms with van der Waals surface area (Å²) in [6.45, 7) is 6.62. The number of ether oxygens (including phenoxy) is 2. The quantitative estimate of drug-likeness (QED) is 0.240. The Balaban J connectivity index is 1.66. The van der Waals surface area contributed by atoms with Gasteiger partial charge in [0.15, 0.2) is 0 Å². The van der Waals surface area contributed by atoms with E-state index in [2.05, 4.69) is 10.3 Å². The Hall–Kier alpha value is -3.13. The summed E-state index contributed by atoms with van der Waals surface area (Å²) >= 11 is 0. The largest absolute Gasteiger partial charge is 0.507 e. The second-order valence-corrected chi connectivity index (χ2v) is 9.85. The van der Waals surface area contributed by atoms with Crippen molar-refractivity contribution in [2.45, 2.75) is 52.2 Å². The third kappa shape index (κ3) is 5.17. The molecule has 2 aromatic carbocycles. The molecule has 1 aliphatic carbocycles. The Labute approximate surface area is 218 Å². The van der Waals surface area contributed by atoms with Crippen LogP contribution in [0.1, 0.15) is 61.1 Å². The molecule has 2 heterocycles. The maximum atomic E-state index is 11.8. The summed E-state index contributed by atoms with van der Waals surface area (Å²) in [4.78, 5) is 4.48. The van der Waals surface area contributed by atoms with Crippen LogP contribution in [0, 0.1) is 12.8 Å². The van der Waals surface area contributed by atoms with E-state index in [4.69, 9.17) is 19.6 Å². The molecule has 4 aromatic rings. The van der Waals surface area contributed by atoms with Crippen LogP contribution in [-0.4, -0.2) is 36.4 Å². The molecule has 5 rings (SSSR count). The number of nitrogens with zero attached hydrogens (tertiary/aromatic N) is 1. The molecule has 1 fully saturated rings. The molecule has 7 nitrogen and oxygen atoms in total. The van der Waals surface area contributed by atoms with E-state index < -0.39 is 0 Å². The third-order valence-electron chi connectivity index (χ3n) is 7.43. The number of hydrogen-bond donors (Lipinski definition) is 3. The molecule has 0 bridgehead atoms. The fourth-order valence-corrected chi connectivity index (χ4v) is 5.54. The van der Waals surface area contributed by atoms with Crippen LogP contribution in [0.5, 0.6) is 11.6 Å². The summed E-state index contributed by atoms with van der Waals surface area (Å²) in [6, 6.07) is 11.4. The second-order valence-electron chi connectivity index (χ2n) is 9.85. The number of pyridine rings is 1. The molecule has 0 spiro atoms. The zero-order chi connectivity index (χ0) is 25.8. The fourth-order valence-electron chi connectivity index (χ4n) is 5.54. The summed E-state index contributed by atoms with van der Waals surface area (Å²) in [7, 11) is 0. The van der Waals surface area contributed by atoms with Crippen molar-refractivity contribution in [3.05, 3.63) is 65.0 Å². The third-order valence-corrected chi connectivity index (χ3v) is 7.43. The lowest BCUT2D eigenvalue weighted by Crippen LogP contribution is -2.28. The van der Waals surface area contributed by atoms with Gasteiger partial charge in [0.1, 0.15) is 17.1 Å². The number of nitrogens with one attached hydrogen (secondary N) is 1. The van der Waals surface area contributed by atoms with Crippen LogP contribution in [0.3, 0.4) is 0 Å². The molecular weight excluding hydrogens is 466 g/mol. The van der Waals surface area contributed by atoms with Gasteiger partial charge in [0, 0.05) is 59.2 Å². The first-order chi connectivity index (χ1) is 18.1. The molecule has 196 valence electrons. The number of aryl methyl sites for hydroxylation is 1. The highest BCUT2D eigenvalue weighted by molar-refractivity contribution is 6.11. The molecule has 1 atom stereocenters. The molecule has 0 amide bonds. The van der Waals surface area contributed by atoms with E-state index in [9.17, 15) is 5.11 Å². The Morgan fingerprint density at radius 1 is 1.19 bits per heavy atom. The summed E-state index contributed by atoms with van der Waals surface area (Å²) in [5.41, 5.74) is 9.31. The topological polar surface area (TPSA) is 103 Å². The summed E-state index contributed by atoms with van der Waals surface area (Å²) < 4.78 is 18.3. The molecule has 0 saturated heterocycles. The monoisotopic (exact) mass is 503 g/mol. The van der Waals surface area contributed by atoms with Gasteiger partial charge >= 0.3 is 0 Å². The van der Waals surface area contributed by atoms with E-state index in [0.717, 1.165) is 44.2 Å². The van der Waals surface area contributed by atoms with Crippen molar-refractivity contribution in [1.29, 1.82) is 0 Å². The average Bonchev–Trinajstić information content (AvgIpc) is 3.56. The molecule has 7 heteroatoms. The van der Waals surface area contributed by atoms with Crippen molar-refractivity contribution in [3.8, 4) is 11.6 Å². The van der Waals surface area contributed by atoms with Gasteiger partial charge in [-0.15, -0.1) is 0 Å². The first kappa shape index (κ1) is 25.5. The van der Waals surface area contributed by atoms with Crippen molar-refractivity contribution in [2.24, 2.45) is 11.7 Å². The standard InChI is InChI=1S/C30H37N3O4/c1-3-35-18-24-19(2)37-30-23-11-7-6-10-22(23)29(34)27(26(24)30)28(33-15-13-31)21-12-14-32-25(16-21)36-17-20-8-4-5-9-20/h6-7,10-12,14,16,20,28,33-34H,3-5,8-9,13,15,17-18,31H2,1-2H3. The molecule has 1 aliphatic rings. The SMILES string of the molecule is CCOCc1c(C)oc2c1c(C(NCCN)c1ccnc(OCC3CCCC3)c1)c(O)c1ccccc12. The van der Waals surface area contributed by atoms with Crippen LogP contribution >= 0.6 is 0 Å². The Bertz CT molecular complexity index is 1360. The van der Waals surface area contributed by atoms with E-state index in [1.165, 1.54) is 25.7 Å². The number of rotatable bonds is 11. The Kier molecular flexibility index (Phi) is 7.93. The van der Waals surface area contributed by atoms with E-state index >= 15 is 0 Å². The zero-order valence-corrected chi connectivity index (χ0v) is 21.8. The highest BCUT2D eigenvalue weighted by atomic mass is 16.5. The van der Waals surface area contributed by atoms with E-state index in [-0.39, 0.29) is 11.8 Å². The maximum Gasteiger partial charge on any atom is 0.213 e. The lowest BCUT2D eigenvalue weighted by Gasteiger charge is -2.23. The van der Waals surface area contributed by atoms with Gasteiger partial charge in [-0.05, 0) is 44.2 Å². The first-order valence-corrected chi connectivity index (χ1v) is 13.4. The van der Waals surface area contributed by atoms with Crippen LogP contribution in [0.2, 0.25) is 0 Å². The van der Waals surface area contributed by atoms with E-state index in [0.29, 0.717) is 44.7 Å². The average molecular weight is 504 g/mol. The number of nitrogens with two attached hydrogens (primary N) is 1. The minimum absolute atomic E-state index is 0.224. The number of fused-ring (bicyclic) bond motifs is 3. The Morgan fingerprint density at radius 3 is 2.73 bits per heavy atom. The normalized spacial score (nSPS) is 15.1. The highest BCUT2D eigenvalue weighted by Gasteiger charge is 2.28. The molecule has 1 saturated carbocycles. The number of hydrogen-bond acceptors (Lipinski definition) is 7. The van der Waals surface area contributed by atoms with Crippen molar-refractivity contribution in [3.63, 3.8) is 0 Å². The van der Waals surface area contributed by atoms with Gasteiger partial charge in [0.05, 0.1) is 19.3 Å². The number of phenols is 1. The van der Waals surface area contributed by atoms with Gasteiger partial charge in [-0.1, -0.05) is 37.1 Å². The van der Waals surface area contributed by atoms with Crippen molar-refractivity contribution in [2.75, 3.05) is 26.3 Å². The predicted octanol–water partition coefficient (Wildman–Crippen LogP) is 5.74. The predicted molar refractivity (Wildman–Crippen MR) is 146 cm³/mol. The molecule has 2 aromatic heterocycles. The number of furan rings is 1. The van der Waals surface area contributed by atoms with Crippen molar-refractivity contribution >= 4 is 21.7 Å². The lowest BCUT2D eigenvalue weighted by molar-refractivity contribution is 0.133. The smallest absolute Gasteiger partial charge is 0.213 e. The van der Waals surface area contributed by atoms with Crippen molar-refractivity contribution < 1.29 is 19.0 Å². The summed E-state index contributed by atoms with van der Waals surface area (Å²) in [5.74, 6) is 2.20. The molecule has 37 heavy (non-hydrogen) atoms. The summed E-state index contributed by atoms with van der Waals surface area (Å²) in [6.07, 6.45) is 6.75. The highest BCUT2D eigenvalue weighted by Crippen LogP contribution is 2.45. The van der Waals surface area contributed by atoms with Crippen LogP contribution in [-0.2, 0) is 11.3 Å². The van der Waals surface area contributed by atoms with Crippen LogP contribution in [0.15, 0.2) is 47.0 Å². The van der Waals surface area contributed by atoms with Gasteiger partial charge in [0.25, 0.3) is 0 Å².